The highest BCUT2D eigenvalue weighted by atomic mass is 35.5. The van der Waals surface area contributed by atoms with Crippen LogP contribution in [0.5, 0.6) is 0 Å². The van der Waals surface area contributed by atoms with Gasteiger partial charge in [-0.2, -0.15) is 0 Å². The minimum atomic E-state index is -0.334. The molecule has 4 fully saturated rings. The van der Waals surface area contributed by atoms with Crippen LogP contribution in [0.4, 0.5) is 0 Å². The van der Waals surface area contributed by atoms with Gasteiger partial charge in [-0.1, -0.05) is 32.0 Å². The lowest BCUT2D eigenvalue weighted by Crippen LogP contribution is -2.65. The van der Waals surface area contributed by atoms with Crippen LogP contribution >= 0.6 is 12.4 Å². The zero-order valence-corrected chi connectivity index (χ0v) is 16.4. The van der Waals surface area contributed by atoms with E-state index in [4.69, 9.17) is 19.5 Å². The summed E-state index contributed by atoms with van der Waals surface area (Å²) in [5, 5.41) is 1.13. The van der Waals surface area contributed by atoms with Crippen molar-refractivity contribution in [1.82, 2.24) is 0 Å². The lowest BCUT2D eigenvalue weighted by Gasteiger charge is -2.64. The molecule has 2 bridgehead atoms. The Morgan fingerprint density at radius 1 is 1.23 bits per heavy atom. The Balaban J connectivity index is 0.00000168. The molecule has 1 aromatic carbocycles. The van der Waals surface area contributed by atoms with E-state index >= 15 is 0 Å². The highest BCUT2D eigenvalue weighted by Gasteiger charge is 2.68. The average Bonchev–Trinajstić information content (AvgIpc) is 3.15. The largest absolute Gasteiger partial charge is 0.475 e. The summed E-state index contributed by atoms with van der Waals surface area (Å²) < 4.78 is 18.4. The average molecular weight is 376 g/mol. The predicted molar refractivity (Wildman–Crippen MR) is 105 cm³/mol. The summed E-state index contributed by atoms with van der Waals surface area (Å²) in [7, 11) is -0.334. The summed E-state index contributed by atoms with van der Waals surface area (Å²) >= 11 is 0. The molecular formula is C20H27BClNO3. The smallest absolute Gasteiger partial charge is 0.464 e. The molecular weight excluding hydrogens is 348 g/mol. The van der Waals surface area contributed by atoms with E-state index in [2.05, 4.69) is 26.8 Å². The van der Waals surface area contributed by atoms with E-state index in [1.807, 2.05) is 24.5 Å². The van der Waals surface area contributed by atoms with E-state index in [1.165, 1.54) is 6.42 Å². The third-order valence-corrected chi connectivity index (χ3v) is 7.34. The highest BCUT2D eigenvalue weighted by molar-refractivity contribution is 6.47. The first kappa shape index (κ1) is 18.4. The number of nitrogens with two attached hydrogens (primary N) is 1. The van der Waals surface area contributed by atoms with Gasteiger partial charge in [0.2, 0.25) is 0 Å². The van der Waals surface area contributed by atoms with Gasteiger partial charge in [-0.25, -0.2) is 0 Å². The van der Waals surface area contributed by atoms with Crippen LogP contribution in [0.1, 0.15) is 39.2 Å². The van der Waals surface area contributed by atoms with Crippen molar-refractivity contribution in [3.05, 3.63) is 36.1 Å². The Hall–Kier alpha value is -1.01. The van der Waals surface area contributed by atoms with Crippen LogP contribution in [0, 0.1) is 17.3 Å². The number of para-hydroxylation sites is 1. The molecule has 5 atom stereocenters. The predicted octanol–water partition coefficient (Wildman–Crippen LogP) is 3.99. The molecule has 1 aromatic heterocycles. The van der Waals surface area contributed by atoms with Gasteiger partial charge in [0.15, 0.2) is 0 Å². The molecule has 6 rings (SSSR count). The van der Waals surface area contributed by atoms with Crippen molar-refractivity contribution in [2.75, 3.05) is 0 Å². The molecule has 140 valence electrons. The first-order valence-corrected chi connectivity index (χ1v) is 9.43. The van der Waals surface area contributed by atoms with E-state index in [1.54, 1.807) is 0 Å². The third-order valence-electron chi connectivity index (χ3n) is 7.34. The number of fused-ring (bicyclic) bond motifs is 1. The lowest BCUT2D eigenvalue weighted by molar-refractivity contribution is -0.199. The number of halogens is 1. The van der Waals surface area contributed by atoms with E-state index in [0.717, 1.165) is 28.9 Å². The minimum absolute atomic E-state index is 0. The Kier molecular flexibility index (Phi) is 4.24. The standard InChI is InChI=1S/C20H26BNO3.ClH/c1-19(2)13-9-16(19)20(3)17(10-13)24-21(25-20)18(22)8-12-11-23-15-7-5-4-6-14(12)15;/h4-7,11,13,16-18H,8-10,22H2,1-3H3;1H/t13-,16-,17+,18+,20-;/m0./s1. The van der Waals surface area contributed by atoms with Gasteiger partial charge in [0.25, 0.3) is 0 Å². The molecule has 26 heavy (non-hydrogen) atoms. The lowest BCUT2D eigenvalue weighted by atomic mass is 9.43. The maximum atomic E-state index is 6.51. The van der Waals surface area contributed by atoms with Gasteiger partial charge in [-0.05, 0) is 55.1 Å². The normalized spacial score (nSPS) is 35.5. The van der Waals surface area contributed by atoms with Gasteiger partial charge < -0.3 is 19.5 Å². The van der Waals surface area contributed by atoms with Crippen LogP contribution in [-0.2, 0) is 15.7 Å². The maximum absolute atomic E-state index is 6.51. The second-order valence-corrected chi connectivity index (χ2v) is 8.96. The van der Waals surface area contributed by atoms with E-state index < -0.39 is 0 Å². The number of rotatable bonds is 3. The van der Waals surface area contributed by atoms with Crippen molar-refractivity contribution in [2.45, 2.75) is 57.7 Å². The number of hydrogen-bond donors (Lipinski definition) is 1. The summed E-state index contributed by atoms with van der Waals surface area (Å²) in [5.74, 6) is 1.13. The first-order valence-electron chi connectivity index (χ1n) is 9.43. The molecule has 1 aliphatic heterocycles. The number of benzene rings is 1. The van der Waals surface area contributed by atoms with Gasteiger partial charge in [0.05, 0.1) is 18.0 Å². The third kappa shape index (κ3) is 2.41. The summed E-state index contributed by atoms with van der Waals surface area (Å²) in [4.78, 5) is 0. The van der Waals surface area contributed by atoms with Gasteiger partial charge in [0, 0.05) is 11.3 Å². The van der Waals surface area contributed by atoms with Crippen molar-refractivity contribution in [2.24, 2.45) is 23.0 Å². The first-order chi connectivity index (χ1) is 11.9. The summed E-state index contributed by atoms with van der Waals surface area (Å²) in [6, 6.07) is 8.08. The summed E-state index contributed by atoms with van der Waals surface area (Å²) in [5.41, 5.74) is 8.70. The Morgan fingerprint density at radius 3 is 2.77 bits per heavy atom. The van der Waals surface area contributed by atoms with Crippen LogP contribution in [0.3, 0.4) is 0 Å². The summed E-state index contributed by atoms with van der Waals surface area (Å²) in [6.07, 6.45) is 5.05. The van der Waals surface area contributed by atoms with Crippen LogP contribution < -0.4 is 5.73 Å². The molecule has 2 aromatic rings. The fourth-order valence-corrected chi connectivity index (χ4v) is 5.62. The second kappa shape index (κ2) is 6.00. The van der Waals surface area contributed by atoms with Crippen molar-refractivity contribution in [1.29, 1.82) is 0 Å². The molecule has 0 unspecified atom stereocenters. The molecule has 2 N–H and O–H groups in total. The van der Waals surface area contributed by atoms with Gasteiger partial charge in [0.1, 0.15) is 5.58 Å². The Labute approximate surface area is 161 Å². The maximum Gasteiger partial charge on any atom is 0.475 e. The van der Waals surface area contributed by atoms with E-state index in [9.17, 15) is 0 Å². The SMILES string of the molecule is CC1(C)[C@@H]2C[C@H]3OB([C@H](N)Cc4coc5ccccc45)O[C@@]3(C)[C@H]1C2.Cl. The molecule has 3 saturated carbocycles. The minimum Gasteiger partial charge on any atom is -0.464 e. The van der Waals surface area contributed by atoms with Crippen LogP contribution in [0.25, 0.3) is 11.0 Å². The Bertz CT molecular complexity index is 824. The molecule has 2 heterocycles. The van der Waals surface area contributed by atoms with Crippen molar-refractivity contribution >= 4 is 30.5 Å². The summed E-state index contributed by atoms with van der Waals surface area (Å²) in [6.45, 7) is 6.99. The second-order valence-electron chi connectivity index (χ2n) is 8.96. The monoisotopic (exact) mass is 375 g/mol. The molecule has 1 saturated heterocycles. The van der Waals surface area contributed by atoms with Gasteiger partial charge >= 0.3 is 7.12 Å². The fraction of sp³-hybridized carbons (Fsp3) is 0.600. The van der Waals surface area contributed by atoms with Crippen molar-refractivity contribution in [3.8, 4) is 0 Å². The molecule has 6 heteroatoms. The quantitative estimate of drug-likeness (QED) is 0.824. The molecule has 3 aliphatic carbocycles. The molecule has 4 aliphatic rings. The van der Waals surface area contributed by atoms with Crippen LogP contribution in [-0.4, -0.2) is 24.8 Å². The number of hydrogen-bond acceptors (Lipinski definition) is 4. The van der Waals surface area contributed by atoms with Gasteiger partial charge in [-0.3, -0.25) is 0 Å². The topological polar surface area (TPSA) is 57.6 Å². The Morgan fingerprint density at radius 2 is 2.00 bits per heavy atom. The zero-order chi connectivity index (χ0) is 17.4. The fourth-order valence-electron chi connectivity index (χ4n) is 5.62. The van der Waals surface area contributed by atoms with Crippen LogP contribution in [0.2, 0.25) is 0 Å². The molecule has 0 radical (unpaired) electrons. The van der Waals surface area contributed by atoms with Crippen LogP contribution in [0.15, 0.2) is 34.9 Å². The van der Waals surface area contributed by atoms with Crippen molar-refractivity contribution < 1.29 is 13.7 Å². The van der Waals surface area contributed by atoms with E-state index in [0.29, 0.717) is 17.8 Å². The number of furan rings is 1. The highest BCUT2D eigenvalue weighted by Crippen LogP contribution is 2.65. The zero-order valence-electron chi connectivity index (χ0n) is 15.6. The molecule has 4 nitrogen and oxygen atoms in total. The van der Waals surface area contributed by atoms with Gasteiger partial charge in [-0.15, -0.1) is 12.4 Å². The molecule has 0 spiro atoms. The molecule has 0 amide bonds. The van der Waals surface area contributed by atoms with E-state index in [-0.39, 0.29) is 37.2 Å². The van der Waals surface area contributed by atoms with Crippen molar-refractivity contribution in [3.63, 3.8) is 0 Å².